The summed E-state index contributed by atoms with van der Waals surface area (Å²) in [6, 6.07) is 9.72. The van der Waals surface area contributed by atoms with Gasteiger partial charge in [0.2, 0.25) is 11.8 Å². The van der Waals surface area contributed by atoms with Crippen LogP contribution in [-0.2, 0) is 14.3 Å². The van der Waals surface area contributed by atoms with Gasteiger partial charge in [-0.1, -0.05) is 12.1 Å². The Labute approximate surface area is 172 Å². The van der Waals surface area contributed by atoms with Crippen LogP contribution in [0.2, 0.25) is 0 Å². The second-order valence-electron chi connectivity index (χ2n) is 8.17. The molecule has 2 aromatic carbocycles. The maximum Gasteiger partial charge on any atom is 0.275 e. The minimum atomic E-state index is -0.557. The molecule has 0 aliphatic carbocycles. The summed E-state index contributed by atoms with van der Waals surface area (Å²) in [6.45, 7) is 3.79. The lowest BCUT2D eigenvalue weighted by Crippen LogP contribution is -2.34. The number of nitrogens with zero attached hydrogens (tertiary/aromatic N) is 2. The van der Waals surface area contributed by atoms with Gasteiger partial charge in [0.15, 0.2) is 0 Å². The lowest BCUT2D eigenvalue weighted by Gasteiger charge is -2.18. The lowest BCUT2D eigenvalue weighted by atomic mass is 9.81. The van der Waals surface area contributed by atoms with Crippen LogP contribution in [-0.4, -0.2) is 28.9 Å². The molecule has 8 nitrogen and oxygen atoms in total. The number of non-ortho nitro benzene ring substituents is 1. The van der Waals surface area contributed by atoms with Gasteiger partial charge in [0, 0.05) is 12.1 Å². The molecular formula is C22H20N2O6. The molecule has 2 amide bonds. The number of nitro groups is 1. The number of carbonyl (C=O) groups is 2. The van der Waals surface area contributed by atoms with E-state index in [1.165, 1.54) is 18.2 Å². The summed E-state index contributed by atoms with van der Waals surface area (Å²) in [4.78, 5) is 38.1. The van der Waals surface area contributed by atoms with Crippen molar-refractivity contribution in [3.05, 3.63) is 57.6 Å². The molecule has 8 heteroatoms. The van der Waals surface area contributed by atoms with Crippen molar-refractivity contribution in [1.29, 1.82) is 0 Å². The van der Waals surface area contributed by atoms with Crippen LogP contribution in [0, 0.1) is 35.8 Å². The zero-order valence-electron chi connectivity index (χ0n) is 16.5. The van der Waals surface area contributed by atoms with Gasteiger partial charge in [0.05, 0.1) is 40.7 Å². The normalized spacial score (nSPS) is 26.9. The van der Waals surface area contributed by atoms with E-state index in [9.17, 15) is 19.7 Å². The first-order valence-corrected chi connectivity index (χ1v) is 9.91. The summed E-state index contributed by atoms with van der Waals surface area (Å²) >= 11 is 0. The van der Waals surface area contributed by atoms with Crippen molar-refractivity contribution >= 4 is 23.2 Å². The number of hydrogen-bond acceptors (Lipinski definition) is 6. The molecule has 3 aliphatic rings. The molecule has 0 spiro atoms. The number of anilines is 1. The molecule has 3 aliphatic heterocycles. The summed E-state index contributed by atoms with van der Waals surface area (Å²) in [6.07, 6.45) is 1.03. The average Bonchev–Trinajstić information content (AvgIpc) is 3.38. The van der Waals surface area contributed by atoms with Gasteiger partial charge in [-0.25, -0.2) is 4.90 Å². The van der Waals surface area contributed by atoms with Crippen LogP contribution < -0.4 is 9.64 Å². The van der Waals surface area contributed by atoms with Gasteiger partial charge in [-0.2, -0.15) is 0 Å². The van der Waals surface area contributed by atoms with Crippen LogP contribution in [0.25, 0.3) is 0 Å². The number of fused-ring (bicyclic) bond motifs is 5. The predicted octanol–water partition coefficient (Wildman–Crippen LogP) is 3.67. The van der Waals surface area contributed by atoms with Gasteiger partial charge in [0.25, 0.3) is 5.69 Å². The van der Waals surface area contributed by atoms with Gasteiger partial charge in [-0.3, -0.25) is 19.7 Å². The van der Waals surface area contributed by atoms with Gasteiger partial charge in [-0.05, 0) is 43.9 Å². The van der Waals surface area contributed by atoms with Crippen LogP contribution in [0.3, 0.4) is 0 Å². The first-order chi connectivity index (χ1) is 14.3. The molecule has 3 saturated heterocycles. The van der Waals surface area contributed by atoms with Crippen molar-refractivity contribution in [3.63, 3.8) is 0 Å². The second-order valence-corrected chi connectivity index (χ2v) is 8.17. The topological polar surface area (TPSA) is 99.0 Å². The number of aryl methyl sites for hydroxylation is 2. The Hall–Kier alpha value is -3.26. The number of carbonyl (C=O) groups excluding carboxylic acids is 2. The molecule has 0 aromatic heterocycles. The highest BCUT2D eigenvalue weighted by Crippen LogP contribution is 2.50. The van der Waals surface area contributed by atoms with E-state index in [2.05, 4.69) is 0 Å². The van der Waals surface area contributed by atoms with Crippen LogP contribution in [0.5, 0.6) is 11.5 Å². The second kappa shape index (κ2) is 6.63. The summed E-state index contributed by atoms with van der Waals surface area (Å²) < 4.78 is 11.7. The van der Waals surface area contributed by atoms with Gasteiger partial charge in [-0.15, -0.1) is 0 Å². The van der Waals surface area contributed by atoms with E-state index in [0.717, 1.165) is 28.9 Å². The molecule has 4 atom stereocenters. The Morgan fingerprint density at radius 3 is 2.33 bits per heavy atom. The van der Waals surface area contributed by atoms with Gasteiger partial charge >= 0.3 is 0 Å². The molecular weight excluding hydrogens is 388 g/mol. The molecule has 30 heavy (non-hydrogen) atoms. The number of benzene rings is 2. The quantitative estimate of drug-likeness (QED) is 0.435. The fraction of sp³-hybridized carbons (Fsp3) is 0.364. The van der Waals surface area contributed by atoms with Crippen molar-refractivity contribution in [2.75, 3.05) is 4.90 Å². The molecule has 2 aromatic rings. The third-order valence-electron chi connectivity index (χ3n) is 6.20. The highest BCUT2D eigenvalue weighted by atomic mass is 16.6. The smallest absolute Gasteiger partial charge is 0.275 e. The molecule has 0 unspecified atom stereocenters. The Bertz CT molecular complexity index is 1070. The third kappa shape index (κ3) is 2.79. The number of imide groups is 1. The van der Waals surface area contributed by atoms with E-state index in [1.54, 1.807) is 0 Å². The minimum Gasteiger partial charge on any atom is -0.457 e. The minimum absolute atomic E-state index is 0.160. The number of ether oxygens (including phenoxy) is 2. The van der Waals surface area contributed by atoms with Gasteiger partial charge < -0.3 is 9.47 Å². The highest BCUT2D eigenvalue weighted by Gasteiger charge is 2.62. The van der Waals surface area contributed by atoms with E-state index >= 15 is 0 Å². The Balaban J connectivity index is 1.54. The van der Waals surface area contributed by atoms with E-state index in [-0.39, 0.29) is 41.1 Å². The SMILES string of the molecule is Cc1ccc(C)c(Oc2cc(N3C(=O)[C@@H]4[C@@H](C3=O)[C@@H]3CC[C@@H]4O3)cc([N+](=O)[O-])c2)c1. The number of nitro benzene ring substituents is 1. The van der Waals surface area contributed by atoms with Crippen LogP contribution in [0.15, 0.2) is 36.4 Å². The van der Waals surface area contributed by atoms with Crippen molar-refractivity contribution in [3.8, 4) is 11.5 Å². The largest absolute Gasteiger partial charge is 0.457 e. The number of amides is 2. The van der Waals surface area contributed by atoms with Gasteiger partial charge in [0.1, 0.15) is 11.5 Å². The standard InChI is InChI=1S/C22H20N2O6/c1-11-3-4-12(2)18(7-11)29-15-9-13(8-14(10-15)24(27)28)23-21(25)19-16-5-6-17(30-16)20(19)22(23)26/h3-4,7-10,16-17,19-20H,5-6H2,1-2H3/t16-,17-,19-,20-/m0/s1. The highest BCUT2D eigenvalue weighted by molar-refractivity contribution is 6.23. The summed E-state index contributed by atoms with van der Waals surface area (Å²) in [7, 11) is 0. The molecule has 0 radical (unpaired) electrons. The summed E-state index contributed by atoms with van der Waals surface area (Å²) in [5.74, 6) is -0.947. The Kier molecular flexibility index (Phi) is 4.14. The predicted molar refractivity (Wildman–Crippen MR) is 106 cm³/mol. The van der Waals surface area contributed by atoms with E-state index in [0.29, 0.717) is 5.75 Å². The number of hydrogen-bond donors (Lipinski definition) is 0. The van der Waals surface area contributed by atoms with Crippen LogP contribution in [0.4, 0.5) is 11.4 Å². The summed E-state index contributed by atoms with van der Waals surface area (Å²) in [5.41, 5.74) is 1.76. The fourth-order valence-corrected chi connectivity index (χ4v) is 4.77. The molecule has 2 bridgehead atoms. The number of rotatable bonds is 4. The molecule has 0 N–H and O–H groups in total. The molecule has 154 valence electrons. The van der Waals surface area contributed by atoms with Crippen molar-refractivity contribution in [1.82, 2.24) is 0 Å². The van der Waals surface area contributed by atoms with Crippen LogP contribution >= 0.6 is 0 Å². The first kappa shape index (κ1) is 18.7. The maximum atomic E-state index is 13.1. The molecule has 0 saturated carbocycles. The van der Waals surface area contributed by atoms with Crippen molar-refractivity contribution in [2.45, 2.75) is 38.9 Å². The molecule has 3 heterocycles. The zero-order valence-corrected chi connectivity index (χ0v) is 16.5. The Morgan fingerprint density at radius 1 is 1.03 bits per heavy atom. The third-order valence-corrected chi connectivity index (χ3v) is 6.20. The zero-order chi connectivity index (χ0) is 21.2. The van der Waals surface area contributed by atoms with E-state index < -0.39 is 16.8 Å². The average molecular weight is 408 g/mol. The molecule has 5 rings (SSSR count). The first-order valence-electron chi connectivity index (χ1n) is 9.91. The maximum absolute atomic E-state index is 13.1. The van der Waals surface area contributed by atoms with E-state index in [4.69, 9.17) is 9.47 Å². The van der Waals surface area contributed by atoms with E-state index in [1.807, 2.05) is 32.0 Å². The lowest BCUT2D eigenvalue weighted by molar-refractivity contribution is -0.384. The molecule has 3 fully saturated rings. The van der Waals surface area contributed by atoms with Crippen molar-refractivity contribution < 1.29 is 24.0 Å². The monoisotopic (exact) mass is 408 g/mol. The fourth-order valence-electron chi connectivity index (χ4n) is 4.77. The summed E-state index contributed by atoms with van der Waals surface area (Å²) in [5, 5.41) is 11.5. The Morgan fingerprint density at radius 2 is 1.70 bits per heavy atom. The van der Waals surface area contributed by atoms with Crippen LogP contribution in [0.1, 0.15) is 24.0 Å². The van der Waals surface area contributed by atoms with Crippen molar-refractivity contribution in [2.24, 2.45) is 11.8 Å².